The molecule has 9 nitrogen and oxygen atoms in total. The van der Waals surface area contributed by atoms with Gasteiger partial charge in [-0.05, 0) is 32.8 Å². The molecule has 0 radical (unpaired) electrons. The van der Waals surface area contributed by atoms with Crippen LogP contribution in [0.5, 0.6) is 5.88 Å². The molecular formula is C20H25N3O6S2. The Morgan fingerprint density at radius 1 is 1.13 bits per heavy atom. The third-order valence-corrected chi connectivity index (χ3v) is 5.78. The summed E-state index contributed by atoms with van der Waals surface area (Å²) in [5, 5.41) is 3.32. The first-order valence-electron chi connectivity index (χ1n) is 9.77. The Balaban J connectivity index is 2.13. The van der Waals surface area contributed by atoms with Gasteiger partial charge < -0.3 is 19.5 Å². The number of anilines is 1. The SMILES string of the molecule is CCCOc1ccnc(SCC(=O)Nc2sc(C(=O)OCC)c(C)c2C(=O)OCC)n1. The van der Waals surface area contributed by atoms with Crippen LogP contribution >= 0.6 is 23.1 Å². The third kappa shape index (κ3) is 6.93. The van der Waals surface area contributed by atoms with Crippen molar-refractivity contribution in [3.05, 3.63) is 28.3 Å². The normalized spacial score (nSPS) is 10.5. The predicted octanol–water partition coefficient (Wildman–Crippen LogP) is 3.72. The van der Waals surface area contributed by atoms with E-state index in [1.807, 2.05) is 6.92 Å². The molecule has 0 saturated heterocycles. The van der Waals surface area contributed by atoms with Crippen molar-refractivity contribution in [2.75, 3.05) is 30.9 Å². The minimum absolute atomic E-state index is 0.00514. The molecule has 0 saturated carbocycles. The van der Waals surface area contributed by atoms with Gasteiger partial charge in [0.25, 0.3) is 0 Å². The molecule has 0 fully saturated rings. The van der Waals surface area contributed by atoms with E-state index in [-0.39, 0.29) is 40.3 Å². The van der Waals surface area contributed by atoms with Gasteiger partial charge in [0.05, 0.1) is 31.1 Å². The van der Waals surface area contributed by atoms with Crippen molar-refractivity contribution < 1.29 is 28.6 Å². The summed E-state index contributed by atoms with van der Waals surface area (Å²) in [5.74, 6) is -1.10. The van der Waals surface area contributed by atoms with Gasteiger partial charge in [0.15, 0.2) is 5.16 Å². The summed E-state index contributed by atoms with van der Waals surface area (Å²) in [6, 6.07) is 1.65. The summed E-state index contributed by atoms with van der Waals surface area (Å²) in [6.07, 6.45) is 2.41. The number of amides is 1. The molecule has 0 aromatic carbocycles. The van der Waals surface area contributed by atoms with E-state index < -0.39 is 11.9 Å². The molecule has 2 heterocycles. The first-order valence-corrected chi connectivity index (χ1v) is 11.6. The number of esters is 2. The molecule has 0 aliphatic carbocycles. The second-order valence-electron chi connectivity index (χ2n) is 6.06. The molecule has 2 rings (SSSR count). The van der Waals surface area contributed by atoms with Gasteiger partial charge in [0.1, 0.15) is 9.88 Å². The standard InChI is InChI=1S/C20H25N3O6S2/c1-5-10-29-14-8-9-21-20(23-14)30-11-13(24)22-17-15(18(25)27-6-2)12(4)16(31-17)19(26)28-7-3/h8-9H,5-7,10-11H2,1-4H3,(H,22,24). The molecule has 11 heteroatoms. The third-order valence-electron chi connectivity index (χ3n) is 3.73. The Labute approximate surface area is 188 Å². The average molecular weight is 468 g/mol. The lowest BCUT2D eigenvalue weighted by Gasteiger charge is -2.07. The van der Waals surface area contributed by atoms with E-state index in [4.69, 9.17) is 14.2 Å². The summed E-state index contributed by atoms with van der Waals surface area (Å²) in [7, 11) is 0. The fraction of sp³-hybridized carbons (Fsp3) is 0.450. The smallest absolute Gasteiger partial charge is 0.348 e. The van der Waals surface area contributed by atoms with Crippen LogP contribution in [0, 0.1) is 6.92 Å². The first kappa shape index (κ1) is 24.6. The number of carbonyl (C=O) groups is 3. The summed E-state index contributed by atoms with van der Waals surface area (Å²) < 4.78 is 15.6. The topological polar surface area (TPSA) is 117 Å². The maximum absolute atomic E-state index is 12.5. The van der Waals surface area contributed by atoms with E-state index in [9.17, 15) is 14.4 Å². The first-order chi connectivity index (χ1) is 14.9. The Morgan fingerprint density at radius 2 is 1.84 bits per heavy atom. The van der Waals surface area contributed by atoms with Gasteiger partial charge in [-0.3, -0.25) is 4.79 Å². The highest BCUT2D eigenvalue weighted by Crippen LogP contribution is 2.34. The number of ether oxygens (including phenoxy) is 3. The van der Waals surface area contributed by atoms with Crippen molar-refractivity contribution in [3.63, 3.8) is 0 Å². The van der Waals surface area contributed by atoms with Crippen LogP contribution in [-0.2, 0) is 14.3 Å². The van der Waals surface area contributed by atoms with Gasteiger partial charge in [-0.25, -0.2) is 14.6 Å². The lowest BCUT2D eigenvalue weighted by molar-refractivity contribution is -0.113. The zero-order valence-electron chi connectivity index (χ0n) is 17.9. The van der Waals surface area contributed by atoms with Crippen molar-refractivity contribution in [2.24, 2.45) is 0 Å². The molecule has 0 aliphatic rings. The summed E-state index contributed by atoms with van der Waals surface area (Å²) >= 11 is 2.11. The zero-order chi connectivity index (χ0) is 22.8. The second-order valence-corrected chi connectivity index (χ2v) is 8.03. The number of hydrogen-bond donors (Lipinski definition) is 1. The van der Waals surface area contributed by atoms with Crippen LogP contribution in [0.4, 0.5) is 5.00 Å². The van der Waals surface area contributed by atoms with Crippen LogP contribution in [0.1, 0.15) is 52.8 Å². The van der Waals surface area contributed by atoms with Crippen LogP contribution in [0.2, 0.25) is 0 Å². The second kappa shape index (κ2) is 12.3. The van der Waals surface area contributed by atoms with Crippen molar-refractivity contribution in [1.29, 1.82) is 0 Å². The van der Waals surface area contributed by atoms with Crippen LogP contribution in [0.15, 0.2) is 17.4 Å². The fourth-order valence-electron chi connectivity index (χ4n) is 2.42. The van der Waals surface area contributed by atoms with Gasteiger partial charge in [0, 0.05) is 12.3 Å². The fourth-order valence-corrected chi connectivity index (χ4v) is 4.14. The molecule has 1 amide bonds. The lowest BCUT2D eigenvalue weighted by atomic mass is 10.1. The number of hydrogen-bond acceptors (Lipinski definition) is 10. The minimum Gasteiger partial charge on any atom is -0.478 e. The molecule has 168 valence electrons. The minimum atomic E-state index is -0.612. The van der Waals surface area contributed by atoms with Crippen molar-refractivity contribution >= 4 is 45.9 Å². The van der Waals surface area contributed by atoms with Gasteiger partial charge in [-0.15, -0.1) is 11.3 Å². The maximum atomic E-state index is 12.5. The average Bonchev–Trinajstić information content (AvgIpc) is 3.07. The summed E-state index contributed by atoms with van der Waals surface area (Å²) in [6.45, 7) is 7.89. The number of carbonyl (C=O) groups excluding carboxylic acids is 3. The Hall–Kier alpha value is -2.66. The summed E-state index contributed by atoms with van der Waals surface area (Å²) in [5.41, 5.74) is 0.563. The van der Waals surface area contributed by atoms with Crippen molar-refractivity contribution in [3.8, 4) is 5.88 Å². The molecular weight excluding hydrogens is 442 g/mol. The van der Waals surface area contributed by atoms with Crippen LogP contribution in [0.3, 0.4) is 0 Å². The molecule has 0 bridgehead atoms. The van der Waals surface area contributed by atoms with Crippen LogP contribution in [0.25, 0.3) is 0 Å². The molecule has 0 atom stereocenters. The highest BCUT2D eigenvalue weighted by atomic mass is 32.2. The van der Waals surface area contributed by atoms with Crippen molar-refractivity contribution in [2.45, 2.75) is 39.3 Å². The van der Waals surface area contributed by atoms with Crippen LogP contribution in [-0.4, -0.2) is 53.4 Å². The monoisotopic (exact) mass is 467 g/mol. The van der Waals surface area contributed by atoms with E-state index in [1.54, 1.807) is 33.0 Å². The highest BCUT2D eigenvalue weighted by Gasteiger charge is 2.27. The highest BCUT2D eigenvalue weighted by molar-refractivity contribution is 7.99. The Morgan fingerprint density at radius 3 is 2.52 bits per heavy atom. The molecule has 2 aromatic heterocycles. The molecule has 0 aliphatic heterocycles. The quantitative estimate of drug-likeness (QED) is 0.300. The number of aromatic nitrogens is 2. The predicted molar refractivity (Wildman–Crippen MR) is 118 cm³/mol. The van der Waals surface area contributed by atoms with Gasteiger partial charge in [-0.2, -0.15) is 4.98 Å². The number of thiophene rings is 1. The van der Waals surface area contributed by atoms with E-state index in [0.29, 0.717) is 23.2 Å². The van der Waals surface area contributed by atoms with Gasteiger partial charge in [0.2, 0.25) is 11.8 Å². The molecule has 2 aromatic rings. The maximum Gasteiger partial charge on any atom is 0.348 e. The van der Waals surface area contributed by atoms with E-state index in [0.717, 1.165) is 29.5 Å². The summed E-state index contributed by atoms with van der Waals surface area (Å²) in [4.78, 5) is 45.7. The number of nitrogens with one attached hydrogen (secondary N) is 1. The van der Waals surface area contributed by atoms with Crippen LogP contribution < -0.4 is 10.1 Å². The van der Waals surface area contributed by atoms with Crippen molar-refractivity contribution in [1.82, 2.24) is 9.97 Å². The molecule has 31 heavy (non-hydrogen) atoms. The number of nitrogens with zero attached hydrogens (tertiary/aromatic N) is 2. The molecule has 0 spiro atoms. The lowest BCUT2D eigenvalue weighted by Crippen LogP contribution is -2.16. The number of rotatable bonds is 11. The molecule has 0 unspecified atom stereocenters. The van der Waals surface area contributed by atoms with Gasteiger partial charge in [-0.1, -0.05) is 18.7 Å². The van der Waals surface area contributed by atoms with E-state index in [1.165, 1.54) is 0 Å². The van der Waals surface area contributed by atoms with E-state index >= 15 is 0 Å². The number of thioether (sulfide) groups is 1. The Bertz CT molecular complexity index is 932. The zero-order valence-corrected chi connectivity index (χ0v) is 19.5. The largest absolute Gasteiger partial charge is 0.478 e. The van der Waals surface area contributed by atoms with E-state index in [2.05, 4.69) is 15.3 Å². The van der Waals surface area contributed by atoms with Gasteiger partial charge >= 0.3 is 11.9 Å². The molecule has 1 N–H and O–H groups in total. The Kier molecular flexibility index (Phi) is 9.73.